The van der Waals surface area contributed by atoms with Crippen LogP contribution in [0, 0.1) is 10.1 Å². The van der Waals surface area contributed by atoms with Crippen LogP contribution in [0.4, 0.5) is 5.69 Å². The average Bonchev–Trinajstić information content (AvgIpc) is 3.32. The van der Waals surface area contributed by atoms with E-state index in [1.54, 1.807) is 0 Å². The summed E-state index contributed by atoms with van der Waals surface area (Å²) in [6.45, 7) is 3.20. The number of benzene rings is 2. The molecule has 0 aliphatic carbocycles. The monoisotopic (exact) mass is 468 g/mol. The van der Waals surface area contributed by atoms with Gasteiger partial charge in [-0.15, -0.1) is 0 Å². The molecule has 0 unspecified atom stereocenters. The Kier molecular flexibility index (Phi) is 6.60. The number of ether oxygens (including phenoxy) is 3. The Bertz CT molecular complexity index is 1090. The molecule has 178 valence electrons. The second kappa shape index (κ2) is 9.60. The van der Waals surface area contributed by atoms with Gasteiger partial charge in [-0.2, -0.15) is 0 Å². The van der Waals surface area contributed by atoms with Gasteiger partial charge in [-0.1, -0.05) is 30.3 Å². The number of likely N-dealkylation sites (tertiary alicyclic amines) is 1. The number of nitro benzene ring substituents is 1. The molecular weight excluding hydrogens is 444 g/mol. The molecule has 0 amide bonds. The highest BCUT2D eigenvalue weighted by atomic mass is 16.6. The Morgan fingerprint density at radius 2 is 1.85 bits per heavy atom. The van der Waals surface area contributed by atoms with Gasteiger partial charge in [-0.3, -0.25) is 24.6 Å². The van der Waals surface area contributed by atoms with Crippen LogP contribution >= 0.6 is 0 Å². The summed E-state index contributed by atoms with van der Waals surface area (Å²) in [5.41, 5.74) is 0.945. The maximum Gasteiger partial charge on any atom is 0.338 e. The van der Waals surface area contributed by atoms with Crippen LogP contribution in [0.5, 0.6) is 0 Å². The summed E-state index contributed by atoms with van der Waals surface area (Å²) >= 11 is 0. The van der Waals surface area contributed by atoms with Crippen molar-refractivity contribution >= 4 is 23.6 Å². The van der Waals surface area contributed by atoms with Gasteiger partial charge in [0.05, 0.1) is 29.0 Å². The van der Waals surface area contributed by atoms with Crippen LogP contribution in [0.3, 0.4) is 0 Å². The Labute approximate surface area is 195 Å². The smallest absolute Gasteiger partial charge is 0.338 e. The Morgan fingerprint density at radius 3 is 2.47 bits per heavy atom. The van der Waals surface area contributed by atoms with E-state index >= 15 is 0 Å². The predicted octanol–water partition coefficient (Wildman–Crippen LogP) is 2.81. The lowest BCUT2D eigenvalue weighted by atomic mass is 10.0. The quantitative estimate of drug-likeness (QED) is 0.261. The Hall–Kier alpha value is -3.79. The maximum atomic E-state index is 12.9. The van der Waals surface area contributed by atoms with Crippen molar-refractivity contribution in [2.75, 3.05) is 6.61 Å². The molecule has 2 fully saturated rings. The van der Waals surface area contributed by atoms with E-state index in [2.05, 4.69) is 0 Å². The number of esters is 3. The van der Waals surface area contributed by atoms with Crippen molar-refractivity contribution in [2.45, 2.75) is 50.6 Å². The Morgan fingerprint density at radius 1 is 1.18 bits per heavy atom. The molecule has 10 heteroatoms. The molecule has 0 bridgehead atoms. The van der Waals surface area contributed by atoms with Crippen LogP contribution in [0.2, 0.25) is 0 Å². The number of rotatable bonds is 7. The molecule has 2 aromatic carbocycles. The summed E-state index contributed by atoms with van der Waals surface area (Å²) < 4.78 is 16.7. The number of carbonyl (C=O) groups excluding carboxylic acids is 3. The standard InChI is InChI=1S/C24H24N2O8/c1-14(16-6-4-3-5-7-16)25-19-12-21(28)33-22(19)23(20(25)13-32-15(2)27)34-24(29)17-8-10-18(11-9-17)26(30)31/h3-11,14,19-20,22-23H,12-13H2,1-2H3/t14-,19-,20+,22+,23+/m0/s1. The summed E-state index contributed by atoms with van der Waals surface area (Å²) in [6, 6.07) is 13.5. The van der Waals surface area contributed by atoms with E-state index in [-0.39, 0.29) is 36.4 Å². The summed E-state index contributed by atoms with van der Waals surface area (Å²) in [6.07, 6.45) is -1.52. The average molecular weight is 468 g/mol. The minimum atomic E-state index is -0.898. The molecule has 0 spiro atoms. The third kappa shape index (κ3) is 4.62. The molecule has 2 saturated heterocycles. The zero-order valence-electron chi connectivity index (χ0n) is 18.7. The molecule has 2 heterocycles. The van der Waals surface area contributed by atoms with Crippen LogP contribution in [0.15, 0.2) is 54.6 Å². The third-order valence-corrected chi connectivity index (χ3v) is 6.23. The second-order valence-electron chi connectivity index (χ2n) is 8.30. The molecule has 0 aromatic heterocycles. The van der Waals surface area contributed by atoms with Crippen LogP contribution in [-0.4, -0.2) is 58.6 Å². The Balaban J connectivity index is 1.64. The number of carbonyl (C=O) groups is 3. The lowest BCUT2D eigenvalue weighted by Crippen LogP contribution is -2.45. The highest BCUT2D eigenvalue weighted by Gasteiger charge is 2.58. The van der Waals surface area contributed by atoms with Crippen molar-refractivity contribution in [1.29, 1.82) is 0 Å². The summed E-state index contributed by atoms with van der Waals surface area (Å²) in [7, 11) is 0. The molecule has 0 saturated carbocycles. The van der Waals surface area contributed by atoms with E-state index < -0.39 is 41.1 Å². The zero-order chi connectivity index (χ0) is 24.4. The molecule has 10 nitrogen and oxygen atoms in total. The topological polar surface area (TPSA) is 125 Å². The predicted molar refractivity (Wildman–Crippen MR) is 118 cm³/mol. The van der Waals surface area contributed by atoms with Gasteiger partial charge in [0.2, 0.25) is 0 Å². The van der Waals surface area contributed by atoms with E-state index in [0.717, 1.165) is 5.56 Å². The van der Waals surface area contributed by atoms with Gasteiger partial charge < -0.3 is 14.2 Å². The van der Waals surface area contributed by atoms with Gasteiger partial charge in [0.15, 0.2) is 12.2 Å². The van der Waals surface area contributed by atoms with E-state index in [9.17, 15) is 24.5 Å². The lowest BCUT2D eigenvalue weighted by molar-refractivity contribution is -0.384. The van der Waals surface area contributed by atoms with Crippen molar-refractivity contribution in [3.8, 4) is 0 Å². The first kappa shape index (κ1) is 23.4. The lowest BCUT2D eigenvalue weighted by Gasteiger charge is -2.34. The maximum absolute atomic E-state index is 12.9. The molecule has 0 radical (unpaired) electrons. The van der Waals surface area contributed by atoms with Gasteiger partial charge in [-0.05, 0) is 24.6 Å². The zero-order valence-corrected chi connectivity index (χ0v) is 18.7. The number of fused-ring (bicyclic) bond motifs is 1. The van der Waals surface area contributed by atoms with Gasteiger partial charge >= 0.3 is 17.9 Å². The number of hydrogen-bond acceptors (Lipinski definition) is 9. The van der Waals surface area contributed by atoms with Crippen molar-refractivity contribution in [2.24, 2.45) is 0 Å². The van der Waals surface area contributed by atoms with Crippen molar-refractivity contribution in [3.05, 3.63) is 75.8 Å². The molecular formula is C24H24N2O8. The normalized spacial score (nSPS) is 24.7. The fourth-order valence-corrected chi connectivity index (χ4v) is 4.68. The largest absolute Gasteiger partial charge is 0.464 e. The van der Waals surface area contributed by atoms with Crippen molar-refractivity contribution in [1.82, 2.24) is 4.90 Å². The molecule has 2 aliphatic heterocycles. The molecule has 0 N–H and O–H groups in total. The van der Waals surface area contributed by atoms with E-state index in [0.29, 0.717) is 0 Å². The molecule has 4 rings (SSSR count). The van der Waals surface area contributed by atoms with Gasteiger partial charge in [0.1, 0.15) is 6.61 Å². The number of nitro groups is 1. The van der Waals surface area contributed by atoms with E-state index in [1.807, 2.05) is 42.2 Å². The summed E-state index contributed by atoms with van der Waals surface area (Å²) in [5.74, 6) is -1.60. The fraction of sp³-hybridized carbons (Fsp3) is 0.375. The van der Waals surface area contributed by atoms with Crippen molar-refractivity contribution in [3.63, 3.8) is 0 Å². The van der Waals surface area contributed by atoms with Crippen molar-refractivity contribution < 1.29 is 33.5 Å². The summed E-state index contributed by atoms with van der Waals surface area (Å²) in [4.78, 5) is 49.1. The minimum absolute atomic E-state index is 0.0603. The first-order valence-corrected chi connectivity index (χ1v) is 10.9. The van der Waals surface area contributed by atoms with Crippen LogP contribution in [0.25, 0.3) is 0 Å². The molecule has 34 heavy (non-hydrogen) atoms. The minimum Gasteiger partial charge on any atom is -0.464 e. The van der Waals surface area contributed by atoms with E-state index in [1.165, 1.54) is 31.2 Å². The molecule has 2 aliphatic rings. The number of hydrogen-bond donors (Lipinski definition) is 0. The van der Waals surface area contributed by atoms with Crippen LogP contribution in [-0.2, 0) is 23.8 Å². The molecule has 2 aromatic rings. The van der Waals surface area contributed by atoms with Gasteiger partial charge in [0, 0.05) is 25.1 Å². The SMILES string of the molecule is CC(=O)OC[C@@H]1[C@@H](OC(=O)c2ccc([N+](=O)[O-])cc2)[C@@H]2OC(=O)C[C@@H]2N1[C@@H](C)c1ccccc1. The van der Waals surface area contributed by atoms with Gasteiger partial charge in [0.25, 0.3) is 5.69 Å². The van der Waals surface area contributed by atoms with Crippen LogP contribution in [0.1, 0.15) is 42.2 Å². The fourth-order valence-electron chi connectivity index (χ4n) is 4.68. The first-order valence-electron chi connectivity index (χ1n) is 10.9. The second-order valence-corrected chi connectivity index (χ2v) is 8.30. The molecule has 5 atom stereocenters. The first-order chi connectivity index (χ1) is 16.3. The number of non-ortho nitro benzene ring substituents is 1. The third-order valence-electron chi connectivity index (χ3n) is 6.23. The van der Waals surface area contributed by atoms with E-state index in [4.69, 9.17) is 14.2 Å². The van der Waals surface area contributed by atoms with Gasteiger partial charge in [-0.25, -0.2) is 4.79 Å². The van der Waals surface area contributed by atoms with Crippen LogP contribution < -0.4 is 0 Å². The highest BCUT2D eigenvalue weighted by Crippen LogP contribution is 2.42. The summed E-state index contributed by atoms with van der Waals surface area (Å²) in [5, 5.41) is 10.9. The highest BCUT2D eigenvalue weighted by molar-refractivity contribution is 5.90. The number of nitrogens with zero attached hydrogens (tertiary/aromatic N) is 2.